The van der Waals surface area contributed by atoms with Gasteiger partial charge in [-0.15, -0.1) is 0 Å². The van der Waals surface area contributed by atoms with E-state index in [0.717, 1.165) is 11.1 Å². The molecule has 3 heteroatoms. The molecular formula is C11H18N2O. The van der Waals surface area contributed by atoms with Gasteiger partial charge in [0, 0.05) is 11.6 Å². The number of anilines is 1. The summed E-state index contributed by atoms with van der Waals surface area (Å²) in [7, 11) is 0. The lowest BCUT2D eigenvalue weighted by atomic mass is 9.94. The van der Waals surface area contributed by atoms with Crippen LogP contribution in [0.1, 0.15) is 31.0 Å². The number of phenolic OH excluding ortho intramolecular Hbond substituents is 1. The maximum absolute atomic E-state index is 9.74. The maximum atomic E-state index is 9.74. The Morgan fingerprint density at radius 1 is 1.29 bits per heavy atom. The number of rotatable bonds is 2. The first-order valence-corrected chi connectivity index (χ1v) is 4.78. The normalized spacial score (nSPS) is 13.2. The van der Waals surface area contributed by atoms with E-state index in [9.17, 15) is 5.11 Å². The molecule has 0 bridgehead atoms. The van der Waals surface area contributed by atoms with E-state index in [1.165, 1.54) is 0 Å². The number of nitrogens with two attached hydrogens (primary N) is 2. The smallest absolute Gasteiger partial charge is 0.143 e. The summed E-state index contributed by atoms with van der Waals surface area (Å²) in [5.41, 5.74) is 13.8. The molecule has 0 amide bonds. The molecule has 0 aromatic heterocycles. The van der Waals surface area contributed by atoms with Crippen LogP contribution in [-0.2, 0) is 0 Å². The van der Waals surface area contributed by atoms with Crippen molar-refractivity contribution in [3.05, 3.63) is 23.3 Å². The Bertz CT molecular complexity index is 334. The summed E-state index contributed by atoms with van der Waals surface area (Å²) < 4.78 is 0. The van der Waals surface area contributed by atoms with Crippen LogP contribution in [0.3, 0.4) is 0 Å². The highest BCUT2D eigenvalue weighted by Crippen LogP contribution is 2.33. The lowest BCUT2D eigenvalue weighted by molar-refractivity contribution is 0.442. The van der Waals surface area contributed by atoms with Crippen molar-refractivity contribution >= 4 is 5.69 Å². The minimum absolute atomic E-state index is 0.122. The molecule has 1 unspecified atom stereocenters. The molecule has 0 saturated heterocycles. The van der Waals surface area contributed by atoms with Crippen LogP contribution >= 0.6 is 0 Å². The summed E-state index contributed by atoms with van der Waals surface area (Å²) >= 11 is 0. The van der Waals surface area contributed by atoms with E-state index >= 15 is 0 Å². The van der Waals surface area contributed by atoms with Crippen molar-refractivity contribution in [3.8, 4) is 5.75 Å². The molecule has 0 aliphatic carbocycles. The van der Waals surface area contributed by atoms with Gasteiger partial charge in [0.25, 0.3) is 0 Å². The maximum Gasteiger partial charge on any atom is 0.143 e. The number of benzene rings is 1. The fourth-order valence-corrected chi connectivity index (χ4v) is 1.45. The van der Waals surface area contributed by atoms with Crippen molar-refractivity contribution in [1.82, 2.24) is 0 Å². The monoisotopic (exact) mass is 194 g/mol. The van der Waals surface area contributed by atoms with Gasteiger partial charge in [0.1, 0.15) is 5.75 Å². The van der Waals surface area contributed by atoms with Crippen LogP contribution in [-0.4, -0.2) is 5.11 Å². The van der Waals surface area contributed by atoms with Crippen LogP contribution in [0.15, 0.2) is 12.1 Å². The Hall–Kier alpha value is -1.22. The standard InChI is InChI=1S/C11H18N2O/c1-6(2)10(13)8-4-7(3)5-9(12)11(8)14/h4-6,10,14H,12-13H2,1-3H3. The highest BCUT2D eigenvalue weighted by Gasteiger charge is 2.16. The highest BCUT2D eigenvalue weighted by molar-refractivity contribution is 5.58. The lowest BCUT2D eigenvalue weighted by Crippen LogP contribution is -2.17. The predicted molar refractivity (Wildman–Crippen MR) is 59.0 cm³/mol. The van der Waals surface area contributed by atoms with Crippen molar-refractivity contribution in [1.29, 1.82) is 0 Å². The van der Waals surface area contributed by atoms with Gasteiger partial charge in [-0.25, -0.2) is 0 Å². The average molecular weight is 194 g/mol. The zero-order valence-electron chi connectivity index (χ0n) is 8.91. The van der Waals surface area contributed by atoms with Crippen LogP contribution in [0, 0.1) is 12.8 Å². The highest BCUT2D eigenvalue weighted by atomic mass is 16.3. The third-order valence-electron chi connectivity index (χ3n) is 2.39. The van der Waals surface area contributed by atoms with Crippen LogP contribution < -0.4 is 11.5 Å². The van der Waals surface area contributed by atoms with Crippen molar-refractivity contribution in [2.45, 2.75) is 26.8 Å². The largest absolute Gasteiger partial charge is 0.505 e. The van der Waals surface area contributed by atoms with Gasteiger partial charge in [0.2, 0.25) is 0 Å². The van der Waals surface area contributed by atoms with E-state index in [-0.39, 0.29) is 17.7 Å². The zero-order chi connectivity index (χ0) is 10.9. The van der Waals surface area contributed by atoms with E-state index in [0.29, 0.717) is 5.69 Å². The van der Waals surface area contributed by atoms with E-state index < -0.39 is 0 Å². The van der Waals surface area contributed by atoms with E-state index in [4.69, 9.17) is 11.5 Å². The minimum atomic E-state index is -0.169. The zero-order valence-corrected chi connectivity index (χ0v) is 8.91. The second-order valence-corrected chi connectivity index (χ2v) is 4.06. The molecule has 1 aromatic rings. The van der Waals surface area contributed by atoms with Gasteiger partial charge in [0.05, 0.1) is 5.69 Å². The molecule has 0 spiro atoms. The summed E-state index contributed by atoms with van der Waals surface area (Å²) in [6.45, 7) is 5.97. The Morgan fingerprint density at radius 2 is 1.86 bits per heavy atom. The van der Waals surface area contributed by atoms with Crippen molar-refractivity contribution < 1.29 is 5.11 Å². The molecule has 0 fully saturated rings. The first-order valence-electron chi connectivity index (χ1n) is 4.78. The van der Waals surface area contributed by atoms with Gasteiger partial charge in [0.15, 0.2) is 0 Å². The summed E-state index contributed by atoms with van der Waals surface area (Å²) in [5.74, 6) is 0.402. The van der Waals surface area contributed by atoms with E-state index in [1.54, 1.807) is 6.07 Å². The Balaban J connectivity index is 3.20. The summed E-state index contributed by atoms with van der Waals surface area (Å²) in [5, 5.41) is 9.74. The summed E-state index contributed by atoms with van der Waals surface area (Å²) in [6, 6.07) is 3.46. The molecule has 0 aliphatic rings. The number of aryl methyl sites for hydroxylation is 1. The Labute approximate surface area is 84.7 Å². The molecule has 0 radical (unpaired) electrons. The average Bonchev–Trinajstić information content (AvgIpc) is 2.09. The van der Waals surface area contributed by atoms with Crippen molar-refractivity contribution in [3.63, 3.8) is 0 Å². The third kappa shape index (κ3) is 1.99. The van der Waals surface area contributed by atoms with E-state index in [1.807, 2.05) is 26.8 Å². The molecule has 0 saturated carbocycles. The lowest BCUT2D eigenvalue weighted by Gasteiger charge is -2.18. The number of nitrogen functional groups attached to an aromatic ring is 1. The van der Waals surface area contributed by atoms with Gasteiger partial charge < -0.3 is 16.6 Å². The number of aromatic hydroxyl groups is 1. The molecule has 0 heterocycles. The van der Waals surface area contributed by atoms with Gasteiger partial charge >= 0.3 is 0 Å². The van der Waals surface area contributed by atoms with Crippen LogP contribution in [0.4, 0.5) is 5.69 Å². The predicted octanol–water partition coefficient (Wildman–Crippen LogP) is 1.94. The SMILES string of the molecule is Cc1cc(N)c(O)c(C(N)C(C)C)c1. The van der Waals surface area contributed by atoms with Crippen LogP contribution in [0.2, 0.25) is 0 Å². The van der Waals surface area contributed by atoms with Gasteiger partial charge in [-0.3, -0.25) is 0 Å². The fourth-order valence-electron chi connectivity index (χ4n) is 1.45. The summed E-state index contributed by atoms with van der Waals surface area (Å²) in [4.78, 5) is 0. The summed E-state index contributed by atoms with van der Waals surface area (Å²) in [6.07, 6.45) is 0. The molecule has 0 aliphatic heterocycles. The topological polar surface area (TPSA) is 72.3 Å². The number of hydrogen-bond donors (Lipinski definition) is 3. The molecule has 1 rings (SSSR count). The Morgan fingerprint density at radius 3 is 2.36 bits per heavy atom. The molecule has 3 nitrogen and oxygen atoms in total. The fraction of sp³-hybridized carbons (Fsp3) is 0.455. The molecule has 1 aromatic carbocycles. The van der Waals surface area contributed by atoms with Crippen LogP contribution in [0.5, 0.6) is 5.75 Å². The third-order valence-corrected chi connectivity index (χ3v) is 2.39. The van der Waals surface area contributed by atoms with Gasteiger partial charge in [-0.2, -0.15) is 0 Å². The second kappa shape index (κ2) is 3.88. The first-order chi connectivity index (χ1) is 6.43. The Kier molecular flexibility index (Phi) is 3.01. The van der Waals surface area contributed by atoms with Gasteiger partial charge in [-0.05, 0) is 24.5 Å². The number of phenols is 1. The van der Waals surface area contributed by atoms with Crippen LogP contribution in [0.25, 0.3) is 0 Å². The minimum Gasteiger partial charge on any atom is -0.505 e. The molecule has 78 valence electrons. The molecule has 14 heavy (non-hydrogen) atoms. The van der Waals surface area contributed by atoms with E-state index in [2.05, 4.69) is 0 Å². The number of hydrogen-bond acceptors (Lipinski definition) is 3. The van der Waals surface area contributed by atoms with Gasteiger partial charge in [-0.1, -0.05) is 19.9 Å². The molecule has 5 N–H and O–H groups in total. The molecular weight excluding hydrogens is 176 g/mol. The first kappa shape index (κ1) is 10.9. The molecule has 1 atom stereocenters. The van der Waals surface area contributed by atoms with Crippen molar-refractivity contribution in [2.24, 2.45) is 11.7 Å². The quantitative estimate of drug-likeness (QED) is 0.497. The van der Waals surface area contributed by atoms with Crippen molar-refractivity contribution in [2.75, 3.05) is 5.73 Å². The second-order valence-electron chi connectivity index (χ2n) is 4.06.